The average Bonchev–Trinajstić information content (AvgIpc) is 3.49. The number of nitrogens with zero attached hydrogens (tertiary/aromatic N) is 2. The van der Waals surface area contributed by atoms with E-state index in [4.69, 9.17) is 9.47 Å². The van der Waals surface area contributed by atoms with Crippen LogP contribution in [0.25, 0.3) is 0 Å². The van der Waals surface area contributed by atoms with E-state index in [2.05, 4.69) is 36.3 Å². The van der Waals surface area contributed by atoms with Crippen LogP contribution in [0, 0.1) is 11.6 Å². The lowest BCUT2D eigenvalue weighted by atomic mass is 10.1. The summed E-state index contributed by atoms with van der Waals surface area (Å²) in [6.45, 7) is -0.378. The summed E-state index contributed by atoms with van der Waals surface area (Å²) in [5, 5.41) is 5.59. The van der Waals surface area contributed by atoms with E-state index in [9.17, 15) is 23.2 Å². The molecule has 0 saturated carbocycles. The molecule has 38 heavy (non-hydrogen) atoms. The van der Waals surface area contributed by atoms with Crippen molar-refractivity contribution >= 4 is 43.8 Å². The molecule has 0 spiro atoms. The zero-order valence-electron chi connectivity index (χ0n) is 20.4. The van der Waals surface area contributed by atoms with Gasteiger partial charge in [0.15, 0.2) is 0 Å². The highest BCUT2D eigenvalue weighted by Gasteiger charge is 2.28. The van der Waals surface area contributed by atoms with Crippen LogP contribution in [-0.2, 0) is 22.3 Å². The number of carbonyl (C=O) groups excluding carboxylic acids is 3. The number of thiol groups is 2. The summed E-state index contributed by atoms with van der Waals surface area (Å²) < 4.78 is 39.8. The smallest absolute Gasteiger partial charge is 0.432 e. The molecule has 13 heteroatoms. The van der Waals surface area contributed by atoms with Gasteiger partial charge in [0, 0.05) is 0 Å². The third kappa shape index (κ3) is 6.62. The van der Waals surface area contributed by atoms with Gasteiger partial charge in [-0.2, -0.15) is 0 Å². The number of hydrogen-bond acceptors (Lipinski definition) is 7. The van der Waals surface area contributed by atoms with Gasteiger partial charge in [-0.05, 0) is 60.1 Å². The fraction of sp³-hybridized carbons (Fsp3) is 0.400. The second kappa shape index (κ2) is 12.6. The van der Waals surface area contributed by atoms with E-state index in [1.54, 1.807) is 24.3 Å². The molecule has 2 atom stereocenters. The first-order valence-corrected chi connectivity index (χ1v) is 12.9. The molecule has 0 radical (unpaired) electrons. The maximum Gasteiger partial charge on any atom is 0.508 e. The predicted octanol–water partition coefficient (Wildman–Crippen LogP) is 4.51. The summed E-state index contributed by atoms with van der Waals surface area (Å²) in [7, 11) is 0. The average molecular weight is 567 g/mol. The van der Waals surface area contributed by atoms with Crippen LogP contribution in [0.1, 0.15) is 47.2 Å². The summed E-state index contributed by atoms with van der Waals surface area (Å²) >= 11 is 8.23. The molecule has 4 amide bonds. The molecule has 2 aromatic rings. The van der Waals surface area contributed by atoms with E-state index in [0.29, 0.717) is 36.8 Å². The number of ether oxygens (including phenoxy) is 2. The molecule has 4 rings (SSSR count). The minimum Gasteiger partial charge on any atom is -0.432 e. The number of amides is 4. The van der Waals surface area contributed by atoms with E-state index in [0.717, 1.165) is 19.7 Å². The Labute approximate surface area is 229 Å². The Morgan fingerprint density at radius 3 is 1.63 bits per heavy atom. The third-order valence-electron chi connectivity index (χ3n) is 6.54. The van der Waals surface area contributed by atoms with Crippen molar-refractivity contribution in [1.29, 1.82) is 0 Å². The minimum atomic E-state index is -0.977. The van der Waals surface area contributed by atoms with Crippen LogP contribution in [0.15, 0.2) is 36.4 Å². The highest BCUT2D eigenvalue weighted by molar-refractivity contribution is 7.78. The fourth-order valence-corrected chi connectivity index (χ4v) is 4.92. The number of carbonyl (C=O) groups is 3. The zero-order valence-corrected chi connectivity index (χ0v) is 22.2. The van der Waals surface area contributed by atoms with Gasteiger partial charge < -0.3 is 20.1 Å². The minimum absolute atomic E-state index is 0.0165. The second-order valence-corrected chi connectivity index (χ2v) is 9.86. The molecule has 0 aromatic heterocycles. The number of benzene rings is 2. The predicted molar refractivity (Wildman–Crippen MR) is 141 cm³/mol. The quantitative estimate of drug-likeness (QED) is 0.279. The lowest BCUT2D eigenvalue weighted by molar-refractivity contribution is 0.0525. The van der Waals surface area contributed by atoms with Gasteiger partial charge in [0.25, 0.3) is 0 Å². The second-order valence-electron chi connectivity index (χ2n) is 8.89. The summed E-state index contributed by atoms with van der Waals surface area (Å²) in [5.41, 5.74) is 2.69. The molecule has 2 aromatic carbocycles. The van der Waals surface area contributed by atoms with Crippen LogP contribution >= 0.6 is 25.6 Å². The zero-order chi connectivity index (χ0) is 27.2. The first kappa shape index (κ1) is 27.8. The molecule has 9 nitrogen and oxygen atoms in total. The van der Waals surface area contributed by atoms with Crippen molar-refractivity contribution in [2.75, 3.05) is 26.3 Å². The Morgan fingerprint density at radius 2 is 1.21 bits per heavy atom. The van der Waals surface area contributed by atoms with Gasteiger partial charge in [0.2, 0.25) is 0 Å². The van der Waals surface area contributed by atoms with Gasteiger partial charge in [-0.15, -0.1) is 0 Å². The van der Waals surface area contributed by atoms with Gasteiger partial charge >= 0.3 is 18.2 Å². The van der Waals surface area contributed by atoms with E-state index in [-0.39, 0.29) is 50.0 Å². The number of rotatable bonds is 8. The van der Waals surface area contributed by atoms with Crippen molar-refractivity contribution in [2.45, 2.75) is 37.8 Å². The van der Waals surface area contributed by atoms with Gasteiger partial charge in [-0.25, -0.2) is 23.2 Å². The lowest BCUT2D eigenvalue weighted by Gasteiger charge is -2.21. The van der Waals surface area contributed by atoms with Crippen LogP contribution in [0.2, 0.25) is 0 Å². The Kier molecular flexibility index (Phi) is 9.21. The van der Waals surface area contributed by atoms with Crippen molar-refractivity contribution in [3.63, 3.8) is 0 Å². The van der Waals surface area contributed by atoms with Crippen molar-refractivity contribution in [1.82, 2.24) is 19.2 Å². The molecule has 0 bridgehead atoms. The van der Waals surface area contributed by atoms with Crippen LogP contribution in [-0.4, -0.2) is 53.1 Å². The Morgan fingerprint density at radius 1 is 0.789 bits per heavy atom. The van der Waals surface area contributed by atoms with Crippen molar-refractivity contribution < 1.29 is 32.6 Å². The number of hydrogen-bond donors (Lipinski definition) is 4. The molecule has 2 aliphatic carbocycles. The van der Waals surface area contributed by atoms with E-state index in [1.165, 1.54) is 12.1 Å². The Hall–Kier alpha value is -3.19. The maximum atomic E-state index is 13.9. The largest absolute Gasteiger partial charge is 0.508 e. The van der Waals surface area contributed by atoms with Gasteiger partial charge in [0.1, 0.15) is 24.8 Å². The summed E-state index contributed by atoms with van der Waals surface area (Å²) in [6, 6.07) is 7.91. The van der Waals surface area contributed by atoms with E-state index < -0.39 is 18.2 Å². The van der Waals surface area contributed by atoms with Crippen LogP contribution in [0.3, 0.4) is 0 Å². The third-order valence-corrected chi connectivity index (χ3v) is 7.30. The van der Waals surface area contributed by atoms with Crippen molar-refractivity contribution in [3.8, 4) is 0 Å². The number of nitrogens with one attached hydrogen (secondary N) is 2. The molecule has 0 saturated heterocycles. The van der Waals surface area contributed by atoms with Crippen LogP contribution in [0.4, 0.5) is 23.2 Å². The maximum absolute atomic E-state index is 13.9. The monoisotopic (exact) mass is 566 g/mol. The Bertz CT molecular complexity index is 1110. The van der Waals surface area contributed by atoms with E-state index >= 15 is 0 Å². The molecule has 0 aliphatic heterocycles. The first-order valence-electron chi connectivity index (χ1n) is 12.1. The summed E-state index contributed by atoms with van der Waals surface area (Å²) in [4.78, 5) is 36.6. The molecule has 0 fully saturated rings. The Balaban J connectivity index is 1.10. The SMILES string of the molecule is O=C(OCCN(S)C(=O)NC1CCc2c(F)cccc21)OCCN(S)C(=O)NC1CCc2c(F)cccc21. The molecule has 204 valence electrons. The summed E-state index contributed by atoms with van der Waals surface area (Å²) in [5.74, 6) is -0.571. The molecular weight excluding hydrogens is 538 g/mol. The topological polar surface area (TPSA) is 100 Å². The number of halogens is 2. The summed E-state index contributed by atoms with van der Waals surface area (Å²) in [6.07, 6.45) is 1.26. The van der Waals surface area contributed by atoms with Gasteiger partial charge in [0.05, 0.1) is 25.2 Å². The number of fused-ring (bicyclic) bond motifs is 2. The standard InChI is InChI=1S/C25H28F2N4O5S2/c26-19-5-1-3-17-15(19)7-9-21(17)28-23(32)30(37)11-13-35-25(34)36-14-12-31(38)24(33)29-22-10-8-16-18(22)4-2-6-20(16)27/h1-6,21-22,37-38H,7-14H2,(H,28,32)(H,29,33). The lowest BCUT2D eigenvalue weighted by Crippen LogP contribution is -2.38. The fourth-order valence-electron chi connectivity index (χ4n) is 4.64. The number of urea groups is 2. The van der Waals surface area contributed by atoms with Crippen LogP contribution in [0.5, 0.6) is 0 Å². The normalized spacial score (nSPS) is 17.3. The van der Waals surface area contributed by atoms with Gasteiger partial charge in [-0.1, -0.05) is 49.9 Å². The molecule has 2 unspecified atom stereocenters. The van der Waals surface area contributed by atoms with Gasteiger partial charge in [-0.3, -0.25) is 8.61 Å². The van der Waals surface area contributed by atoms with Crippen molar-refractivity contribution in [3.05, 3.63) is 70.3 Å². The van der Waals surface area contributed by atoms with E-state index in [1.807, 2.05) is 0 Å². The molecular formula is C25H28F2N4O5S2. The van der Waals surface area contributed by atoms with Crippen LogP contribution < -0.4 is 10.6 Å². The van der Waals surface area contributed by atoms with Crippen molar-refractivity contribution in [2.24, 2.45) is 0 Å². The molecule has 2 aliphatic rings. The highest BCUT2D eigenvalue weighted by atomic mass is 32.1. The first-order chi connectivity index (χ1) is 18.2. The molecule has 0 heterocycles. The molecule has 2 N–H and O–H groups in total. The highest BCUT2D eigenvalue weighted by Crippen LogP contribution is 2.33.